The van der Waals surface area contributed by atoms with Gasteiger partial charge in [-0.1, -0.05) is 11.6 Å². The predicted molar refractivity (Wildman–Crippen MR) is 55.6 cm³/mol. The number of nitrogens with two attached hydrogens (primary N) is 1. The van der Waals surface area contributed by atoms with Gasteiger partial charge in [-0.05, 0) is 6.07 Å². The van der Waals surface area contributed by atoms with E-state index in [0.29, 0.717) is 0 Å². The summed E-state index contributed by atoms with van der Waals surface area (Å²) in [4.78, 5) is 9.52. The van der Waals surface area contributed by atoms with Crippen LogP contribution in [0.2, 0.25) is 5.02 Å². The van der Waals surface area contributed by atoms with E-state index >= 15 is 0 Å². The summed E-state index contributed by atoms with van der Waals surface area (Å²) in [5.41, 5.74) is 4.57. The predicted octanol–water partition coefficient (Wildman–Crippen LogP) is 1.23. The van der Waals surface area contributed by atoms with Crippen LogP contribution >= 0.6 is 11.6 Å². The van der Waals surface area contributed by atoms with Crippen molar-refractivity contribution >= 4 is 32.8 Å². The smallest absolute Gasteiger partial charge is 0.294 e. The maximum atomic E-state index is 11.1. The molecule has 0 atom stereocenters. The number of hydrogen-bond donors (Lipinski definition) is 1. The second-order valence-electron chi connectivity index (χ2n) is 2.87. The third-order valence-corrected chi connectivity index (χ3v) is 3.11. The van der Waals surface area contributed by atoms with Crippen LogP contribution in [0.3, 0.4) is 0 Å². The van der Waals surface area contributed by atoms with Crippen molar-refractivity contribution in [2.24, 2.45) is 0 Å². The Morgan fingerprint density at radius 3 is 2.40 bits per heavy atom. The van der Waals surface area contributed by atoms with Crippen LogP contribution in [-0.4, -0.2) is 19.6 Å². The fourth-order valence-corrected chi connectivity index (χ4v) is 1.88. The third-order valence-electron chi connectivity index (χ3n) is 1.71. The summed E-state index contributed by atoms with van der Waals surface area (Å²) in [6.45, 7) is 0. The molecule has 82 valence electrons. The molecule has 8 heteroatoms. The largest absolute Gasteiger partial charge is 0.392 e. The molecule has 0 saturated carbocycles. The molecular weight excluding hydrogens is 244 g/mol. The summed E-state index contributed by atoms with van der Waals surface area (Å²) in [6.07, 6.45) is 0.929. The first kappa shape index (κ1) is 11.7. The Morgan fingerprint density at radius 2 is 2.00 bits per heavy atom. The number of sulfone groups is 1. The molecule has 2 N–H and O–H groups in total. The van der Waals surface area contributed by atoms with Crippen LogP contribution in [0.1, 0.15) is 0 Å². The van der Waals surface area contributed by atoms with Gasteiger partial charge in [0.1, 0.15) is 5.69 Å². The molecular formula is C7H7ClN2O4S. The Hall–Kier alpha value is -1.34. The van der Waals surface area contributed by atoms with Crippen molar-refractivity contribution in [3.63, 3.8) is 0 Å². The number of nitro groups is 1. The quantitative estimate of drug-likeness (QED) is 0.483. The van der Waals surface area contributed by atoms with Gasteiger partial charge in [-0.3, -0.25) is 10.1 Å². The monoisotopic (exact) mass is 250 g/mol. The van der Waals surface area contributed by atoms with Crippen molar-refractivity contribution in [2.45, 2.75) is 4.90 Å². The minimum Gasteiger partial charge on any atom is -0.392 e. The number of anilines is 1. The van der Waals surface area contributed by atoms with Gasteiger partial charge in [0, 0.05) is 12.3 Å². The van der Waals surface area contributed by atoms with Crippen molar-refractivity contribution in [3.8, 4) is 0 Å². The van der Waals surface area contributed by atoms with Gasteiger partial charge in [-0.2, -0.15) is 0 Å². The van der Waals surface area contributed by atoms with Crippen molar-refractivity contribution in [2.75, 3.05) is 12.0 Å². The molecule has 0 aromatic heterocycles. The molecule has 0 fully saturated rings. The Morgan fingerprint density at radius 1 is 1.47 bits per heavy atom. The average Bonchev–Trinajstić information content (AvgIpc) is 2.06. The molecule has 0 unspecified atom stereocenters. The van der Waals surface area contributed by atoms with Gasteiger partial charge in [0.15, 0.2) is 9.84 Å². The van der Waals surface area contributed by atoms with Crippen molar-refractivity contribution in [1.82, 2.24) is 0 Å². The first-order valence-electron chi connectivity index (χ1n) is 3.67. The highest BCUT2D eigenvalue weighted by atomic mass is 35.5. The fourth-order valence-electron chi connectivity index (χ4n) is 0.944. The zero-order valence-electron chi connectivity index (χ0n) is 7.60. The van der Waals surface area contributed by atoms with Crippen LogP contribution in [0.15, 0.2) is 17.0 Å². The molecule has 0 radical (unpaired) electrons. The molecule has 0 aliphatic carbocycles. The van der Waals surface area contributed by atoms with Gasteiger partial charge in [-0.25, -0.2) is 8.42 Å². The van der Waals surface area contributed by atoms with Crippen LogP contribution in [0.4, 0.5) is 11.4 Å². The van der Waals surface area contributed by atoms with Crippen molar-refractivity contribution < 1.29 is 13.3 Å². The lowest BCUT2D eigenvalue weighted by atomic mass is 10.3. The second-order valence-corrected chi connectivity index (χ2v) is 5.29. The number of hydrogen-bond acceptors (Lipinski definition) is 5. The van der Waals surface area contributed by atoms with Gasteiger partial charge < -0.3 is 5.73 Å². The second kappa shape index (κ2) is 3.67. The normalized spacial score (nSPS) is 11.3. The highest BCUT2D eigenvalue weighted by molar-refractivity contribution is 7.90. The molecule has 0 aliphatic heterocycles. The molecule has 1 aromatic rings. The van der Waals surface area contributed by atoms with E-state index in [9.17, 15) is 18.5 Å². The van der Waals surface area contributed by atoms with E-state index in [1.807, 2.05) is 0 Å². The summed E-state index contributed by atoms with van der Waals surface area (Å²) in [6, 6.07) is 1.97. The fraction of sp³-hybridized carbons (Fsp3) is 0.143. The highest BCUT2D eigenvalue weighted by Gasteiger charge is 2.20. The number of halogens is 1. The first-order valence-corrected chi connectivity index (χ1v) is 5.94. The number of benzene rings is 1. The molecule has 0 saturated heterocycles. The maximum Gasteiger partial charge on any atom is 0.294 e. The van der Waals surface area contributed by atoms with E-state index in [-0.39, 0.29) is 15.6 Å². The molecule has 0 aliphatic rings. The zero-order chi connectivity index (χ0) is 11.8. The Bertz CT molecular complexity index is 526. The minimum atomic E-state index is -3.54. The Balaban J connectivity index is 3.57. The van der Waals surface area contributed by atoms with Gasteiger partial charge in [0.25, 0.3) is 5.69 Å². The lowest BCUT2D eigenvalue weighted by molar-refractivity contribution is -0.384. The van der Waals surface area contributed by atoms with Crippen LogP contribution in [-0.2, 0) is 9.84 Å². The summed E-state index contributed by atoms with van der Waals surface area (Å²) < 4.78 is 22.3. The van der Waals surface area contributed by atoms with E-state index in [0.717, 1.165) is 18.4 Å². The SMILES string of the molecule is CS(=O)(=O)c1cc(Cl)c(N)c([N+](=O)[O-])c1. The Kier molecular flexibility index (Phi) is 2.87. The van der Waals surface area contributed by atoms with E-state index in [1.54, 1.807) is 0 Å². The van der Waals surface area contributed by atoms with E-state index in [1.165, 1.54) is 0 Å². The van der Waals surface area contributed by atoms with Gasteiger partial charge >= 0.3 is 0 Å². The lowest BCUT2D eigenvalue weighted by Crippen LogP contribution is -2.02. The van der Waals surface area contributed by atoms with E-state index < -0.39 is 20.4 Å². The van der Waals surface area contributed by atoms with Crippen LogP contribution in [0, 0.1) is 10.1 Å². The van der Waals surface area contributed by atoms with Crippen LogP contribution in [0.25, 0.3) is 0 Å². The summed E-state index contributed by atoms with van der Waals surface area (Å²) in [5, 5.41) is 10.4. The number of nitrogens with zero attached hydrogens (tertiary/aromatic N) is 1. The minimum absolute atomic E-state index is 0.148. The molecule has 0 heterocycles. The standard InChI is InChI=1S/C7H7ClN2O4S/c1-15(13,14)4-2-5(8)7(9)6(3-4)10(11)12/h2-3H,9H2,1H3. The molecule has 0 amide bonds. The van der Waals surface area contributed by atoms with Gasteiger partial charge in [0.2, 0.25) is 0 Å². The van der Waals surface area contributed by atoms with Crippen molar-refractivity contribution in [1.29, 1.82) is 0 Å². The van der Waals surface area contributed by atoms with E-state index in [4.69, 9.17) is 17.3 Å². The Labute approximate surface area is 90.7 Å². The molecule has 0 bridgehead atoms. The van der Waals surface area contributed by atoms with Crippen molar-refractivity contribution in [3.05, 3.63) is 27.3 Å². The molecule has 15 heavy (non-hydrogen) atoms. The van der Waals surface area contributed by atoms with Crippen LogP contribution < -0.4 is 5.73 Å². The molecule has 1 rings (SSSR count). The molecule has 1 aromatic carbocycles. The lowest BCUT2D eigenvalue weighted by Gasteiger charge is -2.03. The first-order chi connectivity index (χ1) is 6.73. The molecule has 6 nitrogen and oxygen atoms in total. The number of nitro benzene ring substituents is 1. The summed E-state index contributed by atoms with van der Waals surface area (Å²) in [7, 11) is -3.54. The highest BCUT2D eigenvalue weighted by Crippen LogP contribution is 2.32. The average molecular weight is 251 g/mol. The number of nitrogen functional groups attached to an aromatic ring is 1. The van der Waals surface area contributed by atoms with Gasteiger partial charge in [0.05, 0.1) is 14.8 Å². The van der Waals surface area contributed by atoms with Gasteiger partial charge in [-0.15, -0.1) is 0 Å². The summed E-state index contributed by atoms with van der Waals surface area (Å²) >= 11 is 5.58. The molecule has 0 spiro atoms. The zero-order valence-corrected chi connectivity index (χ0v) is 9.17. The number of rotatable bonds is 2. The van der Waals surface area contributed by atoms with Crippen LogP contribution in [0.5, 0.6) is 0 Å². The topological polar surface area (TPSA) is 103 Å². The third kappa shape index (κ3) is 2.37. The maximum absolute atomic E-state index is 11.1. The summed E-state index contributed by atoms with van der Waals surface area (Å²) in [5.74, 6) is 0. The van der Waals surface area contributed by atoms with E-state index in [2.05, 4.69) is 0 Å².